The van der Waals surface area contributed by atoms with Crippen LogP contribution in [0.3, 0.4) is 0 Å². The van der Waals surface area contributed by atoms with E-state index in [9.17, 15) is 9.59 Å². The van der Waals surface area contributed by atoms with E-state index in [0.717, 1.165) is 27.8 Å². The van der Waals surface area contributed by atoms with E-state index in [4.69, 9.17) is 0 Å². The fraction of sp³-hybridized carbons (Fsp3) is 0.286. The molecule has 0 aliphatic heterocycles. The molecule has 1 heterocycles. The monoisotopic (exact) mass is 484 g/mol. The number of nitrogens with zero attached hydrogens (tertiary/aromatic N) is 5. The van der Waals surface area contributed by atoms with Crippen molar-refractivity contribution in [3.63, 3.8) is 0 Å². The van der Waals surface area contributed by atoms with E-state index in [2.05, 4.69) is 15.6 Å². The molecule has 3 aromatic carbocycles. The van der Waals surface area contributed by atoms with Gasteiger partial charge in [0.25, 0.3) is 0 Å². The van der Waals surface area contributed by atoms with Gasteiger partial charge >= 0.3 is 0 Å². The fourth-order valence-electron chi connectivity index (χ4n) is 4.13. The molecule has 1 atom stereocenters. The summed E-state index contributed by atoms with van der Waals surface area (Å²) in [5.74, 6) is -0.421. The highest BCUT2D eigenvalue weighted by molar-refractivity contribution is 5.97. The van der Waals surface area contributed by atoms with E-state index >= 15 is 0 Å². The molecular formula is C28H32N6O2. The van der Waals surface area contributed by atoms with Gasteiger partial charge in [0.2, 0.25) is 11.8 Å². The van der Waals surface area contributed by atoms with E-state index in [0.29, 0.717) is 18.7 Å². The molecule has 186 valence electrons. The first-order valence-corrected chi connectivity index (χ1v) is 12.1. The third-order valence-electron chi connectivity index (χ3n) is 6.22. The number of carbonyl (C=O) groups excluding carboxylic acids is 2. The number of hydrogen-bond donors (Lipinski definition) is 1. The zero-order chi connectivity index (χ0) is 25.7. The van der Waals surface area contributed by atoms with Gasteiger partial charge in [0.05, 0.1) is 5.52 Å². The van der Waals surface area contributed by atoms with Crippen molar-refractivity contribution in [2.24, 2.45) is 0 Å². The average molecular weight is 485 g/mol. The number of aryl methyl sites for hydroxylation is 1. The number of benzene rings is 3. The largest absolute Gasteiger partial charge is 0.378 e. The van der Waals surface area contributed by atoms with Crippen LogP contribution in [0.15, 0.2) is 72.8 Å². The summed E-state index contributed by atoms with van der Waals surface area (Å²) in [7, 11) is 3.93. The number of amides is 2. The van der Waals surface area contributed by atoms with Gasteiger partial charge in [-0.15, -0.1) is 5.10 Å². The first-order valence-electron chi connectivity index (χ1n) is 12.1. The Kier molecular flexibility index (Phi) is 7.63. The minimum absolute atomic E-state index is 0.00626. The minimum Gasteiger partial charge on any atom is -0.378 e. The van der Waals surface area contributed by atoms with Crippen LogP contribution in [0.1, 0.15) is 24.5 Å². The molecule has 1 aromatic heterocycles. The molecule has 4 aromatic rings. The van der Waals surface area contributed by atoms with Crippen LogP contribution in [-0.2, 0) is 22.7 Å². The summed E-state index contributed by atoms with van der Waals surface area (Å²) in [6, 6.07) is 22.5. The molecule has 0 saturated carbocycles. The maximum Gasteiger partial charge on any atom is 0.247 e. The lowest BCUT2D eigenvalue weighted by molar-refractivity contribution is -0.140. The van der Waals surface area contributed by atoms with Gasteiger partial charge in [-0.1, -0.05) is 54.1 Å². The Labute approximate surface area is 211 Å². The molecule has 0 bridgehead atoms. The third-order valence-corrected chi connectivity index (χ3v) is 6.22. The zero-order valence-electron chi connectivity index (χ0n) is 21.2. The van der Waals surface area contributed by atoms with Crippen molar-refractivity contribution < 1.29 is 9.59 Å². The van der Waals surface area contributed by atoms with Gasteiger partial charge in [-0.2, -0.15) is 0 Å². The predicted octanol–water partition coefficient (Wildman–Crippen LogP) is 4.25. The van der Waals surface area contributed by atoms with Gasteiger partial charge in [-0.05, 0) is 55.3 Å². The molecule has 0 spiro atoms. The van der Waals surface area contributed by atoms with Crippen LogP contribution in [0, 0.1) is 6.92 Å². The van der Waals surface area contributed by atoms with Crippen LogP contribution >= 0.6 is 0 Å². The number of nitrogens with one attached hydrogen (secondary N) is 1. The van der Waals surface area contributed by atoms with E-state index in [-0.39, 0.29) is 18.4 Å². The van der Waals surface area contributed by atoms with Crippen LogP contribution in [0.25, 0.3) is 11.0 Å². The zero-order valence-corrected chi connectivity index (χ0v) is 21.2. The molecule has 0 fully saturated rings. The van der Waals surface area contributed by atoms with Crippen LogP contribution in [-0.4, -0.2) is 51.8 Å². The molecule has 36 heavy (non-hydrogen) atoms. The van der Waals surface area contributed by atoms with Gasteiger partial charge in [0.15, 0.2) is 0 Å². The normalized spacial score (nSPS) is 11.8. The lowest BCUT2D eigenvalue weighted by atomic mass is 10.1. The van der Waals surface area contributed by atoms with E-state index in [1.165, 1.54) is 0 Å². The van der Waals surface area contributed by atoms with Crippen LogP contribution in [0.5, 0.6) is 0 Å². The lowest BCUT2D eigenvalue weighted by Gasteiger charge is -2.30. The van der Waals surface area contributed by atoms with Crippen molar-refractivity contribution in [1.82, 2.24) is 19.9 Å². The second-order valence-electron chi connectivity index (χ2n) is 9.10. The first kappa shape index (κ1) is 24.9. The summed E-state index contributed by atoms with van der Waals surface area (Å²) < 4.78 is 1.59. The summed E-state index contributed by atoms with van der Waals surface area (Å²) in [6.07, 6.45) is 0.470. The number of carbonyl (C=O) groups is 2. The maximum atomic E-state index is 13.7. The molecule has 0 aliphatic carbocycles. The topological polar surface area (TPSA) is 83.4 Å². The average Bonchev–Trinajstić information content (AvgIpc) is 3.28. The summed E-state index contributed by atoms with van der Waals surface area (Å²) in [5, 5.41) is 11.3. The highest BCUT2D eigenvalue weighted by Gasteiger charge is 2.29. The first-order chi connectivity index (χ1) is 17.4. The molecule has 4 rings (SSSR count). The van der Waals surface area contributed by atoms with Gasteiger partial charge in [0.1, 0.15) is 18.1 Å². The molecule has 2 amide bonds. The Morgan fingerprint density at radius 1 is 0.972 bits per heavy atom. The molecule has 1 N–H and O–H groups in total. The number of fused-ring (bicyclic) bond motifs is 1. The Bertz CT molecular complexity index is 1330. The second kappa shape index (κ2) is 11.0. The lowest BCUT2D eigenvalue weighted by Crippen LogP contribution is -2.47. The fourth-order valence-corrected chi connectivity index (χ4v) is 4.13. The maximum absolute atomic E-state index is 13.7. The molecule has 8 heteroatoms. The number of aromatic nitrogens is 3. The van der Waals surface area contributed by atoms with Crippen LogP contribution < -0.4 is 10.2 Å². The highest BCUT2D eigenvalue weighted by atomic mass is 16.2. The summed E-state index contributed by atoms with van der Waals surface area (Å²) in [5.41, 5.74) is 5.32. The van der Waals surface area contributed by atoms with Gasteiger partial charge < -0.3 is 15.1 Å². The van der Waals surface area contributed by atoms with Crippen molar-refractivity contribution in [1.29, 1.82) is 0 Å². The quantitative estimate of drug-likeness (QED) is 0.384. The summed E-state index contributed by atoms with van der Waals surface area (Å²) in [6.45, 7) is 4.25. The van der Waals surface area contributed by atoms with E-state index in [1.807, 2.05) is 106 Å². The summed E-state index contributed by atoms with van der Waals surface area (Å²) in [4.78, 5) is 30.7. The second-order valence-corrected chi connectivity index (χ2v) is 9.10. The highest BCUT2D eigenvalue weighted by Crippen LogP contribution is 2.19. The van der Waals surface area contributed by atoms with Crippen molar-refractivity contribution in [3.05, 3.63) is 83.9 Å². The Hall–Kier alpha value is -4.20. The smallest absolute Gasteiger partial charge is 0.247 e. The molecule has 0 aliphatic rings. The molecule has 8 nitrogen and oxygen atoms in total. The van der Waals surface area contributed by atoms with Gasteiger partial charge in [0, 0.05) is 32.0 Å². The van der Waals surface area contributed by atoms with Crippen molar-refractivity contribution >= 4 is 34.2 Å². The molecule has 0 radical (unpaired) electrons. The van der Waals surface area contributed by atoms with Crippen molar-refractivity contribution in [2.45, 2.75) is 39.4 Å². The number of anilines is 2. The Morgan fingerprint density at radius 2 is 1.67 bits per heavy atom. The molecule has 0 saturated heterocycles. The van der Waals surface area contributed by atoms with Crippen LogP contribution in [0.4, 0.5) is 11.4 Å². The predicted molar refractivity (Wildman–Crippen MR) is 143 cm³/mol. The SMILES string of the molecule is CCC(C(=O)Nc1ccc(N(C)C)cc1)N(Cc1ccc(C)cc1)C(=O)Cn1nnc2ccccc21. The number of rotatable bonds is 9. The number of hydrogen-bond acceptors (Lipinski definition) is 5. The van der Waals surface area contributed by atoms with Crippen LogP contribution in [0.2, 0.25) is 0 Å². The molecular weight excluding hydrogens is 452 g/mol. The minimum atomic E-state index is -0.651. The van der Waals surface area contributed by atoms with E-state index < -0.39 is 6.04 Å². The Balaban J connectivity index is 1.59. The van der Waals surface area contributed by atoms with Crippen molar-refractivity contribution in [2.75, 3.05) is 24.3 Å². The van der Waals surface area contributed by atoms with Crippen molar-refractivity contribution in [3.8, 4) is 0 Å². The third kappa shape index (κ3) is 5.71. The summed E-state index contributed by atoms with van der Waals surface area (Å²) >= 11 is 0. The van der Waals surface area contributed by atoms with Gasteiger partial charge in [-0.25, -0.2) is 4.68 Å². The Morgan fingerprint density at radius 3 is 2.33 bits per heavy atom. The standard InChI is InChI=1S/C28H32N6O2/c1-5-25(28(36)29-22-14-16-23(17-15-22)32(3)4)33(18-21-12-10-20(2)11-13-21)27(35)19-34-26-9-7-6-8-24(26)30-31-34/h6-17,25H,5,18-19H2,1-4H3,(H,29,36). The van der Waals surface area contributed by atoms with Gasteiger partial charge in [-0.3, -0.25) is 9.59 Å². The molecule has 1 unspecified atom stereocenters. The number of para-hydroxylation sites is 1. The van der Waals surface area contributed by atoms with E-state index in [1.54, 1.807) is 9.58 Å².